The maximum absolute atomic E-state index is 11.2. The van der Waals surface area contributed by atoms with E-state index in [9.17, 15) is 14.9 Å². The van der Waals surface area contributed by atoms with Crippen molar-refractivity contribution >= 4 is 23.0 Å². The van der Waals surface area contributed by atoms with Crippen molar-refractivity contribution in [3.8, 4) is 0 Å². The van der Waals surface area contributed by atoms with Crippen LogP contribution in [-0.4, -0.2) is 21.0 Å². The molecule has 1 aromatic heterocycles. The number of nitrogens with zero attached hydrogens (tertiary/aromatic N) is 2. The number of rotatable bonds is 6. The first kappa shape index (κ1) is 14.1. The van der Waals surface area contributed by atoms with Gasteiger partial charge in [0.2, 0.25) is 0 Å². The van der Waals surface area contributed by atoms with Crippen molar-refractivity contribution < 1.29 is 14.8 Å². The van der Waals surface area contributed by atoms with Gasteiger partial charge in [0.1, 0.15) is 6.04 Å². The Balaban J connectivity index is 2.08. The average Bonchev–Trinajstić information content (AvgIpc) is 2.93. The summed E-state index contributed by atoms with van der Waals surface area (Å²) in [6, 6.07) is 5.12. The number of nitro benzene ring substituents is 1. The number of thiazole rings is 1. The van der Waals surface area contributed by atoms with Gasteiger partial charge in [-0.3, -0.25) is 20.2 Å². The van der Waals surface area contributed by atoms with Gasteiger partial charge in [-0.25, -0.2) is 4.98 Å². The zero-order chi connectivity index (χ0) is 14.5. The quantitative estimate of drug-likeness (QED) is 0.623. The minimum absolute atomic E-state index is 0.0233. The molecule has 1 aromatic carbocycles. The summed E-state index contributed by atoms with van der Waals surface area (Å²) in [4.78, 5) is 25.3. The summed E-state index contributed by atoms with van der Waals surface area (Å²) in [6.07, 6.45) is 0. The Kier molecular flexibility index (Phi) is 4.38. The summed E-state index contributed by atoms with van der Waals surface area (Å²) < 4.78 is 0. The van der Waals surface area contributed by atoms with Crippen molar-refractivity contribution in [3.63, 3.8) is 0 Å². The smallest absolute Gasteiger partial charge is 0.327 e. The van der Waals surface area contributed by atoms with Crippen LogP contribution in [-0.2, 0) is 11.3 Å². The van der Waals surface area contributed by atoms with E-state index in [4.69, 9.17) is 5.11 Å². The lowest BCUT2D eigenvalue weighted by molar-refractivity contribution is -0.384. The minimum Gasteiger partial charge on any atom is -0.480 e. The molecule has 7 nitrogen and oxygen atoms in total. The summed E-state index contributed by atoms with van der Waals surface area (Å²) in [7, 11) is 0. The summed E-state index contributed by atoms with van der Waals surface area (Å²) >= 11 is 1.31. The van der Waals surface area contributed by atoms with Crippen LogP contribution in [0.5, 0.6) is 0 Å². The fraction of sp³-hybridized carbons (Fsp3) is 0.167. The van der Waals surface area contributed by atoms with Gasteiger partial charge in [0.15, 0.2) is 0 Å². The molecule has 2 rings (SSSR count). The molecule has 0 radical (unpaired) electrons. The first-order chi connectivity index (χ1) is 9.58. The second kappa shape index (κ2) is 6.22. The third-order valence-corrected chi connectivity index (χ3v) is 3.23. The van der Waals surface area contributed by atoms with Crippen LogP contribution in [0.3, 0.4) is 0 Å². The van der Waals surface area contributed by atoms with E-state index in [0.29, 0.717) is 11.3 Å². The monoisotopic (exact) mass is 293 g/mol. The Labute approximate surface area is 118 Å². The predicted octanol–water partition coefficient (Wildman–Crippen LogP) is 1.97. The largest absolute Gasteiger partial charge is 0.480 e. The SMILES string of the molecule is O=C(O)C(NCc1cccc([N+](=O)[O-])c1)c1cscn1. The number of nitrogens with one attached hydrogen (secondary N) is 1. The molecule has 2 aromatic rings. The number of aromatic nitrogens is 1. The topological polar surface area (TPSA) is 105 Å². The van der Waals surface area contributed by atoms with E-state index in [2.05, 4.69) is 10.3 Å². The third kappa shape index (κ3) is 3.37. The molecule has 0 bridgehead atoms. The van der Waals surface area contributed by atoms with Crippen LogP contribution >= 0.6 is 11.3 Å². The highest BCUT2D eigenvalue weighted by Gasteiger charge is 2.21. The van der Waals surface area contributed by atoms with E-state index >= 15 is 0 Å². The number of carbonyl (C=O) groups is 1. The van der Waals surface area contributed by atoms with Gasteiger partial charge < -0.3 is 5.11 Å². The van der Waals surface area contributed by atoms with Crippen LogP contribution in [0.4, 0.5) is 5.69 Å². The fourth-order valence-corrected chi connectivity index (χ4v) is 2.26. The third-order valence-electron chi connectivity index (χ3n) is 2.63. The fourth-order valence-electron chi connectivity index (χ4n) is 1.68. The number of carboxylic acid groups (broad SMARTS) is 1. The van der Waals surface area contributed by atoms with Gasteiger partial charge in [-0.1, -0.05) is 12.1 Å². The highest BCUT2D eigenvalue weighted by atomic mass is 32.1. The number of hydrogen-bond donors (Lipinski definition) is 2. The number of aliphatic carboxylic acids is 1. The molecule has 1 unspecified atom stereocenters. The number of non-ortho nitro benzene ring substituents is 1. The van der Waals surface area contributed by atoms with Crippen molar-refractivity contribution in [1.29, 1.82) is 0 Å². The Morgan fingerprint density at radius 2 is 2.35 bits per heavy atom. The van der Waals surface area contributed by atoms with Crippen molar-refractivity contribution in [2.75, 3.05) is 0 Å². The molecular formula is C12H11N3O4S. The van der Waals surface area contributed by atoms with Gasteiger partial charge in [0.25, 0.3) is 5.69 Å². The molecule has 8 heteroatoms. The maximum Gasteiger partial charge on any atom is 0.327 e. The molecule has 1 atom stereocenters. The highest BCUT2D eigenvalue weighted by molar-refractivity contribution is 7.07. The average molecular weight is 293 g/mol. The first-order valence-electron chi connectivity index (χ1n) is 5.65. The Hall–Kier alpha value is -2.32. The lowest BCUT2D eigenvalue weighted by Gasteiger charge is -2.12. The van der Waals surface area contributed by atoms with Gasteiger partial charge >= 0.3 is 5.97 Å². The van der Waals surface area contributed by atoms with E-state index < -0.39 is 16.9 Å². The van der Waals surface area contributed by atoms with Crippen LogP contribution in [0.1, 0.15) is 17.3 Å². The van der Waals surface area contributed by atoms with Gasteiger partial charge in [0.05, 0.1) is 16.1 Å². The van der Waals surface area contributed by atoms with E-state index in [1.165, 1.54) is 23.5 Å². The summed E-state index contributed by atoms with van der Waals surface area (Å²) in [5, 5.41) is 24.3. The van der Waals surface area contributed by atoms with Crippen LogP contribution in [0.2, 0.25) is 0 Å². The van der Waals surface area contributed by atoms with Crippen LogP contribution in [0, 0.1) is 10.1 Å². The lowest BCUT2D eigenvalue weighted by Crippen LogP contribution is -2.28. The molecular weight excluding hydrogens is 282 g/mol. The predicted molar refractivity (Wildman–Crippen MR) is 72.4 cm³/mol. The minimum atomic E-state index is -1.04. The normalized spacial score (nSPS) is 12.0. The molecule has 0 amide bonds. The molecule has 20 heavy (non-hydrogen) atoms. The van der Waals surface area contributed by atoms with Gasteiger partial charge in [-0.15, -0.1) is 11.3 Å². The van der Waals surface area contributed by atoms with Gasteiger partial charge in [0, 0.05) is 24.1 Å². The van der Waals surface area contributed by atoms with E-state index in [-0.39, 0.29) is 12.2 Å². The maximum atomic E-state index is 11.2. The van der Waals surface area contributed by atoms with Crippen molar-refractivity contribution in [2.45, 2.75) is 12.6 Å². The molecule has 0 spiro atoms. The number of carboxylic acids is 1. The second-order valence-corrected chi connectivity index (χ2v) is 4.71. The van der Waals surface area contributed by atoms with Crippen LogP contribution in [0.25, 0.3) is 0 Å². The summed E-state index contributed by atoms with van der Waals surface area (Å²) in [5.41, 5.74) is 2.60. The molecule has 1 heterocycles. The van der Waals surface area contributed by atoms with Gasteiger partial charge in [-0.2, -0.15) is 0 Å². The van der Waals surface area contributed by atoms with Crippen molar-refractivity contribution in [2.24, 2.45) is 0 Å². The number of benzene rings is 1. The van der Waals surface area contributed by atoms with Crippen LogP contribution < -0.4 is 5.32 Å². The van der Waals surface area contributed by atoms with Crippen molar-refractivity contribution in [1.82, 2.24) is 10.3 Å². The molecule has 104 valence electrons. The van der Waals surface area contributed by atoms with Crippen molar-refractivity contribution in [3.05, 3.63) is 56.5 Å². The first-order valence-corrected chi connectivity index (χ1v) is 6.60. The standard InChI is InChI=1S/C12H11N3O4S/c16-12(17)11(10-6-20-7-14-10)13-5-8-2-1-3-9(4-8)15(18)19/h1-4,6-7,11,13H,5H2,(H,16,17). The molecule has 0 fully saturated rings. The van der Waals surface area contributed by atoms with E-state index in [0.717, 1.165) is 0 Å². The zero-order valence-corrected chi connectivity index (χ0v) is 11.0. The van der Waals surface area contributed by atoms with E-state index in [1.807, 2.05) is 0 Å². The Morgan fingerprint density at radius 1 is 1.55 bits per heavy atom. The summed E-state index contributed by atoms with van der Waals surface area (Å²) in [5.74, 6) is -1.04. The molecule has 0 aliphatic carbocycles. The number of hydrogen-bond acceptors (Lipinski definition) is 6. The summed E-state index contributed by atoms with van der Waals surface area (Å²) in [6.45, 7) is 0.205. The van der Waals surface area contributed by atoms with E-state index in [1.54, 1.807) is 23.0 Å². The molecule has 0 aliphatic rings. The lowest BCUT2D eigenvalue weighted by atomic mass is 10.1. The zero-order valence-electron chi connectivity index (χ0n) is 10.2. The Morgan fingerprint density at radius 3 is 2.95 bits per heavy atom. The van der Waals surface area contributed by atoms with Gasteiger partial charge in [-0.05, 0) is 5.56 Å². The molecule has 0 saturated heterocycles. The number of nitro groups is 1. The molecule has 2 N–H and O–H groups in total. The molecule has 0 saturated carbocycles. The second-order valence-electron chi connectivity index (χ2n) is 3.99. The molecule has 0 aliphatic heterocycles. The highest BCUT2D eigenvalue weighted by Crippen LogP contribution is 2.16. The van der Waals surface area contributed by atoms with Crippen LogP contribution in [0.15, 0.2) is 35.2 Å². The Bertz CT molecular complexity index is 615.